The Hall–Kier alpha value is -4.71. The lowest BCUT2D eigenvalue weighted by atomic mass is 10.1. The molecule has 0 fully saturated rings. The van der Waals surface area contributed by atoms with E-state index in [0.29, 0.717) is 19.3 Å². The largest absolute Gasteiger partial charge is 0.462 e. The Morgan fingerprint density at radius 1 is 0.304 bits per heavy atom. The van der Waals surface area contributed by atoms with Crippen LogP contribution in [0.2, 0.25) is 0 Å². The van der Waals surface area contributed by atoms with Crippen molar-refractivity contribution in [2.45, 2.75) is 219 Å². The number of hydrogen-bond donors (Lipinski definition) is 0. The summed E-state index contributed by atoms with van der Waals surface area (Å²) in [6.07, 6.45) is 79.8. The lowest BCUT2D eigenvalue weighted by molar-refractivity contribution is -0.167. The van der Waals surface area contributed by atoms with Crippen LogP contribution < -0.4 is 0 Å². The van der Waals surface area contributed by atoms with Crippen LogP contribution in [0.25, 0.3) is 0 Å². The van der Waals surface area contributed by atoms with Gasteiger partial charge in [0, 0.05) is 19.3 Å². The van der Waals surface area contributed by atoms with Crippen molar-refractivity contribution < 1.29 is 28.6 Å². The summed E-state index contributed by atoms with van der Waals surface area (Å²) in [7, 11) is 0. The predicted octanol–water partition coefficient (Wildman–Crippen LogP) is 18.4. The van der Waals surface area contributed by atoms with Crippen molar-refractivity contribution in [3.05, 3.63) is 146 Å². The maximum absolute atomic E-state index is 12.8. The van der Waals surface area contributed by atoms with Gasteiger partial charge in [-0.05, 0) is 141 Å². The van der Waals surface area contributed by atoms with Crippen LogP contribution in [0.15, 0.2) is 146 Å². The molecule has 6 heteroatoms. The Morgan fingerprint density at radius 2 is 0.580 bits per heavy atom. The van der Waals surface area contributed by atoms with E-state index in [1.807, 2.05) is 0 Å². The summed E-state index contributed by atoms with van der Waals surface area (Å²) < 4.78 is 16.7. The number of esters is 3. The molecule has 0 aliphatic rings. The molecule has 0 N–H and O–H groups in total. The summed E-state index contributed by atoms with van der Waals surface area (Å²) in [6.45, 7) is 6.33. The van der Waals surface area contributed by atoms with Gasteiger partial charge in [0.15, 0.2) is 6.10 Å². The highest BCUT2D eigenvalue weighted by Crippen LogP contribution is 2.10. The van der Waals surface area contributed by atoms with Crippen LogP contribution in [0.1, 0.15) is 213 Å². The summed E-state index contributed by atoms with van der Waals surface area (Å²) >= 11 is 0. The molecule has 386 valence electrons. The molecule has 0 aromatic carbocycles. The predicted molar refractivity (Wildman–Crippen MR) is 297 cm³/mol. The highest BCUT2D eigenvalue weighted by Gasteiger charge is 2.19. The molecule has 0 spiro atoms. The van der Waals surface area contributed by atoms with Crippen molar-refractivity contribution in [1.82, 2.24) is 0 Å². The molecule has 0 aromatic rings. The van der Waals surface area contributed by atoms with E-state index in [2.05, 4.69) is 167 Å². The molecular formula is C63H98O6. The highest BCUT2D eigenvalue weighted by molar-refractivity contribution is 5.71. The number of carbonyl (C=O) groups excluding carboxylic acids is 3. The normalized spacial score (nSPS) is 13.3. The van der Waals surface area contributed by atoms with Crippen molar-refractivity contribution in [3.63, 3.8) is 0 Å². The fourth-order valence-corrected chi connectivity index (χ4v) is 6.70. The summed E-state index contributed by atoms with van der Waals surface area (Å²) in [5, 5.41) is 0. The molecule has 0 aliphatic heterocycles. The van der Waals surface area contributed by atoms with Crippen molar-refractivity contribution in [3.8, 4) is 0 Å². The Morgan fingerprint density at radius 3 is 0.942 bits per heavy atom. The van der Waals surface area contributed by atoms with E-state index in [4.69, 9.17) is 14.2 Å². The van der Waals surface area contributed by atoms with Gasteiger partial charge in [-0.3, -0.25) is 14.4 Å². The molecule has 0 radical (unpaired) electrons. The van der Waals surface area contributed by atoms with E-state index in [-0.39, 0.29) is 44.0 Å². The molecule has 0 saturated heterocycles. The van der Waals surface area contributed by atoms with Crippen LogP contribution in [-0.2, 0) is 28.6 Å². The minimum Gasteiger partial charge on any atom is -0.462 e. The van der Waals surface area contributed by atoms with Crippen molar-refractivity contribution in [1.29, 1.82) is 0 Å². The Bertz CT molecular complexity index is 1560. The Kier molecular flexibility index (Phi) is 52.1. The maximum atomic E-state index is 12.8. The number of unbranched alkanes of at least 4 members (excludes halogenated alkanes) is 12. The molecule has 0 aliphatic carbocycles. The van der Waals surface area contributed by atoms with Gasteiger partial charge >= 0.3 is 17.9 Å². The molecule has 6 nitrogen and oxygen atoms in total. The second kappa shape index (κ2) is 55.9. The number of ether oxygens (including phenoxy) is 3. The second-order valence-corrected chi connectivity index (χ2v) is 17.4. The number of carbonyl (C=O) groups is 3. The van der Waals surface area contributed by atoms with Gasteiger partial charge in [-0.15, -0.1) is 0 Å². The van der Waals surface area contributed by atoms with E-state index in [0.717, 1.165) is 109 Å². The van der Waals surface area contributed by atoms with Crippen molar-refractivity contribution >= 4 is 17.9 Å². The van der Waals surface area contributed by atoms with Gasteiger partial charge in [-0.25, -0.2) is 0 Å². The smallest absolute Gasteiger partial charge is 0.306 e. The maximum Gasteiger partial charge on any atom is 0.306 e. The fraction of sp³-hybridized carbons (Fsp3) is 0.571. The van der Waals surface area contributed by atoms with E-state index >= 15 is 0 Å². The third-order valence-corrected chi connectivity index (χ3v) is 10.8. The number of rotatable bonds is 47. The van der Waals surface area contributed by atoms with Gasteiger partial charge in [-0.2, -0.15) is 0 Å². The molecule has 0 heterocycles. The van der Waals surface area contributed by atoms with Crippen LogP contribution in [0, 0.1) is 0 Å². The van der Waals surface area contributed by atoms with Crippen LogP contribution >= 0.6 is 0 Å². The summed E-state index contributed by atoms with van der Waals surface area (Å²) in [6, 6.07) is 0. The Balaban J connectivity index is 4.62. The molecule has 0 saturated carbocycles. The van der Waals surface area contributed by atoms with E-state index in [9.17, 15) is 14.4 Å². The quantitative estimate of drug-likeness (QED) is 0.0262. The highest BCUT2D eigenvalue weighted by atomic mass is 16.6. The van der Waals surface area contributed by atoms with Gasteiger partial charge in [-0.1, -0.05) is 199 Å². The number of allylic oxidation sites excluding steroid dienone is 24. The first-order valence-electron chi connectivity index (χ1n) is 27.3. The molecule has 0 bridgehead atoms. The van der Waals surface area contributed by atoms with Crippen LogP contribution in [0.5, 0.6) is 0 Å². The van der Waals surface area contributed by atoms with Gasteiger partial charge in [0.25, 0.3) is 0 Å². The molecule has 1 atom stereocenters. The van der Waals surface area contributed by atoms with Crippen LogP contribution in [-0.4, -0.2) is 37.2 Å². The summed E-state index contributed by atoms with van der Waals surface area (Å²) in [5.41, 5.74) is 0. The lowest BCUT2D eigenvalue weighted by Gasteiger charge is -2.18. The van der Waals surface area contributed by atoms with E-state index in [1.165, 1.54) is 51.4 Å². The van der Waals surface area contributed by atoms with Gasteiger partial charge in [0.1, 0.15) is 13.2 Å². The molecule has 69 heavy (non-hydrogen) atoms. The second-order valence-electron chi connectivity index (χ2n) is 17.4. The lowest BCUT2D eigenvalue weighted by Crippen LogP contribution is -2.30. The standard InChI is InChI=1S/C63H98O6/c1-4-7-10-13-16-19-22-25-28-30-31-33-36-38-41-44-47-50-53-56-62(65)68-59-60(69-63(66)57-54-51-48-45-42-39-34-27-24-21-18-15-12-9-6-3)58-67-61(64)55-52-49-46-43-40-37-35-32-29-26-23-20-17-14-11-8-5-2/h9,12,16-21,25-29,31,33-35,37-38,41-43,45-46,60H,4-8,10-11,13-15,22-24,30,32,36,39-40,44,47-59H2,1-3H3/b12-9-,19-16-,20-17-,21-18-,28-25-,29-26-,33-31-,34-27-,37-35-,41-38-,45-42-,46-43-/t60-/m0/s1. The molecule has 0 rings (SSSR count). The van der Waals surface area contributed by atoms with Crippen LogP contribution in [0.4, 0.5) is 0 Å². The Labute approximate surface area is 423 Å². The first-order valence-corrected chi connectivity index (χ1v) is 27.3. The first-order chi connectivity index (χ1) is 34.0. The zero-order chi connectivity index (χ0) is 50.0. The topological polar surface area (TPSA) is 78.9 Å². The average molecular weight is 951 g/mol. The minimum absolute atomic E-state index is 0.135. The van der Waals surface area contributed by atoms with Gasteiger partial charge in [0.05, 0.1) is 0 Å². The SMILES string of the molecule is CC/C=C\C/C=C\C/C=C\C/C=C\CCCCC(=O)O[C@@H](COC(=O)CCC/C=C\C/C=C\C/C=C\C/C=C\CCCCC)COC(=O)CCCCC/C=C\C/C=C\C/C=C\C/C=C\CCCCC. The van der Waals surface area contributed by atoms with E-state index in [1.54, 1.807) is 0 Å². The average Bonchev–Trinajstić information content (AvgIpc) is 3.35. The first kappa shape index (κ1) is 64.3. The third-order valence-electron chi connectivity index (χ3n) is 10.8. The molecular weight excluding hydrogens is 853 g/mol. The fourth-order valence-electron chi connectivity index (χ4n) is 6.70. The monoisotopic (exact) mass is 951 g/mol. The summed E-state index contributed by atoms with van der Waals surface area (Å²) in [5.74, 6) is -1.07. The number of hydrogen-bond acceptors (Lipinski definition) is 6. The van der Waals surface area contributed by atoms with Crippen molar-refractivity contribution in [2.24, 2.45) is 0 Å². The van der Waals surface area contributed by atoms with Gasteiger partial charge in [0.2, 0.25) is 0 Å². The van der Waals surface area contributed by atoms with Crippen molar-refractivity contribution in [2.75, 3.05) is 13.2 Å². The summed E-state index contributed by atoms with van der Waals surface area (Å²) in [4.78, 5) is 38.1. The van der Waals surface area contributed by atoms with Crippen LogP contribution in [0.3, 0.4) is 0 Å². The zero-order valence-electron chi connectivity index (χ0n) is 44.0. The zero-order valence-corrected chi connectivity index (χ0v) is 44.0. The molecule has 0 aromatic heterocycles. The van der Waals surface area contributed by atoms with Gasteiger partial charge < -0.3 is 14.2 Å². The minimum atomic E-state index is -0.842. The third kappa shape index (κ3) is 54.1. The molecule has 0 unspecified atom stereocenters. The molecule has 0 amide bonds. The van der Waals surface area contributed by atoms with E-state index < -0.39 is 6.10 Å².